The van der Waals surface area contributed by atoms with Crippen molar-refractivity contribution in [3.63, 3.8) is 0 Å². The quantitative estimate of drug-likeness (QED) is 0.159. The molecule has 4 radical (unpaired) electrons. The third-order valence-electron chi connectivity index (χ3n) is 10.7. The molecule has 4 aromatic rings. The molecule has 0 aromatic heterocycles. The monoisotopic (exact) mass is 1190 g/mol. The second-order valence-electron chi connectivity index (χ2n) is 20.3. The fraction of sp³-hybridized carbons (Fsp3) is 0.519. The van der Waals surface area contributed by atoms with Crippen molar-refractivity contribution < 1.29 is 132 Å². The predicted molar refractivity (Wildman–Crippen MR) is 258 cm³/mol. The van der Waals surface area contributed by atoms with Crippen molar-refractivity contribution in [3.05, 3.63) is 115 Å². The van der Waals surface area contributed by atoms with E-state index < -0.39 is 22.8 Å². The molecule has 0 aliphatic rings. The van der Waals surface area contributed by atoms with Crippen molar-refractivity contribution in [1.29, 1.82) is 0 Å². The van der Waals surface area contributed by atoms with Crippen LogP contribution in [0.2, 0.25) is 0 Å². The van der Waals surface area contributed by atoms with Gasteiger partial charge < -0.3 is 81.7 Å². The number of likely N-dealkylation sites (N-methyl/N-ethyl adjacent to an activating group) is 4. The Bertz CT molecular complexity index is 1960. The van der Waals surface area contributed by atoms with Gasteiger partial charge in [0.1, 0.15) is 0 Å². The van der Waals surface area contributed by atoms with Crippen LogP contribution in [-0.2, 0) is 128 Å². The fourth-order valence-corrected chi connectivity index (χ4v) is 6.80. The normalized spacial score (nSPS) is 10.2. The summed E-state index contributed by atoms with van der Waals surface area (Å²) in [7, 11) is 8.11. The van der Waals surface area contributed by atoms with Crippen LogP contribution in [0.1, 0.15) is 108 Å². The van der Waals surface area contributed by atoms with Crippen LogP contribution in [-0.4, -0.2) is 85.9 Å². The van der Waals surface area contributed by atoms with Gasteiger partial charge in [-0.2, -0.15) is 0 Å². The number of aliphatic carboxylic acids is 2. The van der Waals surface area contributed by atoms with Crippen LogP contribution < -0.4 is 30.6 Å². The largest absolute Gasteiger partial charge is 4.00 e. The van der Waals surface area contributed by atoms with Gasteiger partial charge in [0.05, 0.1) is 0 Å². The minimum atomic E-state index is -1.01. The minimum Gasteiger partial charge on any atom is -2.00 e. The smallest absolute Gasteiger partial charge is 2.00 e. The Morgan fingerprint density at radius 1 is 0.378 bits per heavy atom. The van der Waals surface area contributed by atoms with E-state index in [1.54, 1.807) is 41.5 Å². The number of rotatable bonds is 14. The van der Waals surface area contributed by atoms with Gasteiger partial charge in [0.2, 0.25) is 0 Å². The average Bonchev–Trinajstić information content (AvgIpc) is 3.18. The summed E-state index contributed by atoms with van der Waals surface area (Å²) in [5.74, 6) is -1.45. The molecule has 0 heterocycles. The summed E-state index contributed by atoms with van der Waals surface area (Å²) in [6, 6.07) is 15.7. The van der Waals surface area contributed by atoms with Crippen molar-refractivity contribution in [1.82, 2.24) is 19.6 Å². The summed E-state index contributed by atoms with van der Waals surface area (Å²) in [6.07, 6.45) is 0. The molecule has 4 rings (SSSR count). The standard InChI is InChI=1S/2C22H32N2O2.2C5H10O2.2Ni.4O.2V/c2*1-15-9-17(3)21(25)19(11-15)13-23(5)7-8-24(6)14-20-12-16(2)10-18(4)22(20)26;2*1-5(2,3)4(6)7;;;;;;;;/h2*9-12,25-26H,7-8,13-14H2,1-6H3;2*1-3H3,(H,6,7);;;;;;;;/q;;;;2*+3;4*-2;2*+4/p-6. The minimum absolute atomic E-state index is 0. The second kappa shape index (κ2) is 40.1. The van der Waals surface area contributed by atoms with Gasteiger partial charge in [-0.05, 0) is 106 Å². The SMILES string of the molecule is CC(C)(C)C(=O)[O-].CC(C)(C)C(=O)[O-].Cc1cc(C)c([O-])c(CN(C)CCN(C)Cc2cc(C)cc(C)c2[O-])c1.Cc1cc(C)c([O-])c(CN(C)CCN(C)Cc2cc(C)cc(C)c2[O-])c1.[Ni+3].[Ni+3].[O-2].[O-2].[O-2].[O-2].[V+4].[V+4]. The van der Waals surface area contributed by atoms with Gasteiger partial charge in [0.15, 0.2) is 0 Å². The number of hydrogen-bond acceptors (Lipinski definition) is 12. The Morgan fingerprint density at radius 3 is 0.635 bits per heavy atom. The summed E-state index contributed by atoms with van der Waals surface area (Å²) in [4.78, 5) is 28.5. The van der Waals surface area contributed by atoms with E-state index >= 15 is 0 Å². The Labute approximate surface area is 487 Å². The Morgan fingerprint density at radius 2 is 0.514 bits per heavy atom. The Hall–Kier alpha value is -3.14. The average molecular weight is 1190 g/mol. The molecule has 20 heteroatoms. The molecular weight excluding hydrogens is 1120 g/mol. The molecule has 0 atom stereocenters. The zero-order chi connectivity index (χ0) is 51.0. The molecule has 0 spiro atoms. The maximum absolute atomic E-state index is 12.3. The van der Waals surface area contributed by atoms with Gasteiger partial charge >= 0.3 is 70.1 Å². The number of benzene rings is 4. The van der Waals surface area contributed by atoms with Crippen molar-refractivity contribution in [2.75, 3.05) is 54.4 Å². The third-order valence-corrected chi connectivity index (χ3v) is 10.7. The number of carbonyl (C=O) groups excluding carboxylic acids is 2. The van der Waals surface area contributed by atoms with E-state index in [0.29, 0.717) is 26.2 Å². The number of nitrogens with zero attached hydrogens (tertiary/aromatic N) is 4. The molecule has 0 aliphatic carbocycles. The van der Waals surface area contributed by atoms with Gasteiger partial charge in [-0.1, -0.05) is 135 Å². The summed E-state index contributed by atoms with van der Waals surface area (Å²) in [6.45, 7) is 31.1. The molecule has 0 saturated carbocycles. The zero-order valence-corrected chi connectivity index (χ0v) is 51.3. The predicted octanol–water partition coefficient (Wildman–Crippen LogP) is 4.34. The van der Waals surface area contributed by atoms with Crippen molar-refractivity contribution in [2.45, 2.75) is 123 Å². The number of hydrogen-bond donors (Lipinski definition) is 0. The van der Waals surface area contributed by atoms with Crippen LogP contribution in [0.3, 0.4) is 0 Å². The molecule has 0 amide bonds. The van der Waals surface area contributed by atoms with Gasteiger partial charge in [-0.15, -0.1) is 23.0 Å². The van der Waals surface area contributed by atoms with Crippen LogP contribution in [0, 0.1) is 66.2 Å². The summed E-state index contributed by atoms with van der Waals surface area (Å²) < 4.78 is 0. The van der Waals surface area contributed by atoms with E-state index in [0.717, 1.165) is 92.9 Å². The van der Waals surface area contributed by atoms with Gasteiger partial charge in [-0.3, -0.25) is 0 Å². The molecule has 0 saturated heterocycles. The van der Waals surface area contributed by atoms with E-state index in [4.69, 9.17) is 0 Å². The van der Waals surface area contributed by atoms with E-state index in [1.807, 2.05) is 132 Å². The number of carbonyl (C=O) groups is 2. The maximum Gasteiger partial charge on any atom is 4.00 e. The van der Waals surface area contributed by atoms with E-state index in [9.17, 15) is 40.2 Å². The molecule has 0 unspecified atom stereocenters. The molecule has 4 aromatic carbocycles. The molecule has 0 N–H and O–H groups in total. The maximum atomic E-state index is 12.3. The number of aryl methyl sites for hydroxylation is 8. The first kappa shape index (κ1) is 87.5. The molecule has 0 bridgehead atoms. The summed E-state index contributed by atoms with van der Waals surface area (Å²) >= 11 is 0. The second-order valence-corrected chi connectivity index (χ2v) is 20.3. The Kier molecular flexibility index (Phi) is 47.5. The zero-order valence-electron chi connectivity index (χ0n) is 46.5. The van der Waals surface area contributed by atoms with Crippen LogP contribution >= 0.6 is 0 Å². The topological polar surface area (TPSA) is 299 Å². The summed E-state index contributed by atoms with van der Waals surface area (Å²) in [5.41, 5.74) is 9.75. The van der Waals surface area contributed by atoms with Gasteiger partial charge in [0.25, 0.3) is 0 Å². The fourth-order valence-electron chi connectivity index (χ4n) is 6.80. The van der Waals surface area contributed by atoms with Crippen molar-refractivity contribution in [2.24, 2.45) is 10.8 Å². The first-order valence-corrected chi connectivity index (χ1v) is 22.5. The van der Waals surface area contributed by atoms with Crippen molar-refractivity contribution in [3.8, 4) is 23.0 Å². The molecule has 0 aliphatic heterocycles. The van der Waals surface area contributed by atoms with Crippen molar-refractivity contribution >= 4 is 11.9 Å². The molecule has 16 nitrogen and oxygen atoms in total. The number of carboxylic acids is 2. The first-order valence-electron chi connectivity index (χ1n) is 22.5. The third kappa shape index (κ3) is 32.4. The van der Waals surface area contributed by atoms with Gasteiger partial charge in [-0.25, -0.2) is 0 Å². The van der Waals surface area contributed by atoms with Crippen LogP contribution in [0.5, 0.6) is 23.0 Å². The van der Waals surface area contributed by atoms with E-state index in [-0.39, 0.29) is 115 Å². The molecule has 416 valence electrons. The van der Waals surface area contributed by atoms with Crippen LogP contribution in [0.15, 0.2) is 48.5 Å². The van der Waals surface area contributed by atoms with Crippen LogP contribution in [0.25, 0.3) is 0 Å². The molecular formula is C54H78N4Ni2O12V2. The van der Waals surface area contributed by atoms with E-state index in [2.05, 4.69) is 19.6 Å². The number of carboxylic acid groups (broad SMARTS) is 2. The molecule has 74 heavy (non-hydrogen) atoms. The van der Waals surface area contributed by atoms with Crippen LogP contribution in [0.4, 0.5) is 0 Å². The summed E-state index contributed by atoms with van der Waals surface area (Å²) in [5, 5.41) is 68.9. The Balaban J connectivity index is -0.000000143. The van der Waals surface area contributed by atoms with Gasteiger partial charge in [0, 0.05) is 75.1 Å². The van der Waals surface area contributed by atoms with E-state index in [1.165, 1.54) is 0 Å². The first-order chi connectivity index (χ1) is 30.2. The molecule has 0 fully saturated rings.